The SMILES string of the molecule is COC(=O)[C@H]1CC[C@H](C(=O)N2CC[C@](c3ccc(C(C)C)cc3)(S(=O)(=O)c3ccc(F)cc3)C2)CC1. The smallest absolute Gasteiger partial charge is 0.308 e. The number of esters is 1. The Morgan fingerprint density at radius 2 is 1.56 bits per heavy atom. The van der Waals surface area contributed by atoms with E-state index in [0.717, 1.165) is 17.7 Å². The van der Waals surface area contributed by atoms with Gasteiger partial charge in [0.25, 0.3) is 0 Å². The van der Waals surface area contributed by atoms with Crippen LogP contribution in [0.3, 0.4) is 0 Å². The maximum atomic E-state index is 14.1. The lowest BCUT2D eigenvalue weighted by molar-refractivity contribution is -0.148. The maximum absolute atomic E-state index is 14.1. The molecule has 0 spiro atoms. The number of ether oxygens (including phenoxy) is 1. The van der Waals surface area contributed by atoms with Gasteiger partial charge in [-0.1, -0.05) is 38.1 Å². The number of methoxy groups -OCH3 is 1. The summed E-state index contributed by atoms with van der Waals surface area (Å²) in [7, 11) is -2.57. The van der Waals surface area contributed by atoms with Crippen LogP contribution in [0.25, 0.3) is 0 Å². The van der Waals surface area contributed by atoms with E-state index in [0.29, 0.717) is 43.7 Å². The number of nitrogens with zero attached hydrogens (tertiary/aromatic N) is 1. The van der Waals surface area contributed by atoms with Crippen molar-refractivity contribution in [1.29, 1.82) is 0 Å². The fraction of sp³-hybridized carbons (Fsp3) is 0.500. The Hall–Kier alpha value is -2.74. The van der Waals surface area contributed by atoms with Crippen LogP contribution in [0.5, 0.6) is 0 Å². The molecule has 0 bridgehead atoms. The highest BCUT2D eigenvalue weighted by atomic mass is 32.2. The van der Waals surface area contributed by atoms with Crippen LogP contribution in [-0.4, -0.2) is 45.4 Å². The van der Waals surface area contributed by atoms with Crippen molar-refractivity contribution in [3.8, 4) is 0 Å². The lowest BCUT2D eigenvalue weighted by Gasteiger charge is -2.32. The summed E-state index contributed by atoms with van der Waals surface area (Å²) in [5.74, 6) is -0.932. The molecule has 2 aliphatic rings. The summed E-state index contributed by atoms with van der Waals surface area (Å²) >= 11 is 0. The topological polar surface area (TPSA) is 80.8 Å². The summed E-state index contributed by atoms with van der Waals surface area (Å²) in [5, 5.41) is 0. The molecule has 8 heteroatoms. The molecular formula is C28H34FNO5S. The van der Waals surface area contributed by atoms with Crippen LogP contribution in [0.4, 0.5) is 4.39 Å². The molecule has 1 saturated carbocycles. The van der Waals surface area contributed by atoms with Gasteiger partial charge in [-0.25, -0.2) is 12.8 Å². The molecule has 1 atom stereocenters. The number of amides is 1. The average Bonchev–Trinajstić information content (AvgIpc) is 3.35. The molecule has 1 amide bonds. The lowest BCUT2D eigenvalue weighted by Crippen LogP contribution is -2.42. The van der Waals surface area contributed by atoms with Gasteiger partial charge in [0.15, 0.2) is 9.84 Å². The van der Waals surface area contributed by atoms with Crippen molar-refractivity contribution < 1.29 is 27.1 Å². The Labute approximate surface area is 212 Å². The van der Waals surface area contributed by atoms with Crippen molar-refractivity contribution >= 4 is 21.7 Å². The highest BCUT2D eigenvalue weighted by Crippen LogP contribution is 2.44. The third-order valence-corrected chi connectivity index (χ3v) is 10.4. The molecule has 0 unspecified atom stereocenters. The fourth-order valence-corrected chi connectivity index (χ4v) is 7.67. The van der Waals surface area contributed by atoms with Crippen molar-refractivity contribution in [2.75, 3.05) is 20.2 Å². The Bertz CT molecular complexity index is 1200. The molecular weight excluding hydrogens is 481 g/mol. The number of sulfone groups is 1. The highest BCUT2D eigenvalue weighted by Gasteiger charge is 2.52. The van der Waals surface area contributed by atoms with E-state index in [4.69, 9.17) is 4.74 Å². The van der Waals surface area contributed by atoms with Crippen molar-refractivity contribution in [1.82, 2.24) is 4.90 Å². The first-order valence-corrected chi connectivity index (χ1v) is 14.0. The van der Waals surface area contributed by atoms with Crippen molar-refractivity contribution in [3.05, 3.63) is 65.5 Å². The molecule has 194 valence electrons. The molecule has 0 aromatic heterocycles. The van der Waals surface area contributed by atoms with Crippen LogP contribution in [0.15, 0.2) is 53.4 Å². The van der Waals surface area contributed by atoms with Gasteiger partial charge in [-0.3, -0.25) is 9.59 Å². The normalized spacial score (nSPS) is 24.6. The van der Waals surface area contributed by atoms with Crippen LogP contribution in [-0.2, 0) is 28.9 Å². The number of hydrogen-bond acceptors (Lipinski definition) is 5. The minimum Gasteiger partial charge on any atom is -0.469 e. The van der Waals surface area contributed by atoms with E-state index < -0.39 is 20.4 Å². The molecule has 0 radical (unpaired) electrons. The van der Waals surface area contributed by atoms with Gasteiger partial charge < -0.3 is 9.64 Å². The molecule has 2 aromatic rings. The zero-order valence-corrected chi connectivity index (χ0v) is 21.9. The van der Waals surface area contributed by atoms with Gasteiger partial charge in [0.2, 0.25) is 5.91 Å². The Morgan fingerprint density at radius 3 is 2.11 bits per heavy atom. The van der Waals surface area contributed by atoms with E-state index in [-0.39, 0.29) is 41.6 Å². The molecule has 6 nitrogen and oxygen atoms in total. The van der Waals surface area contributed by atoms with E-state index in [1.165, 1.54) is 19.2 Å². The first-order valence-electron chi connectivity index (χ1n) is 12.6. The zero-order valence-electron chi connectivity index (χ0n) is 21.1. The molecule has 0 N–H and O–H groups in total. The summed E-state index contributed by atoms with van der Waals surface area (Å²) < 4.78 is 45.3. The molecule has 1 heterocycles. The predicted molar refractivity (Wildman–Crippen MR) is 134 cm³/mol. The summed E-state index contributed by atoms with van der Waals surface area (Å²) in [6.07, 6.45) is 2.60. The molecule has 4 rings (SSSR count). The van der Waals surface area contributed by atoms with Crippen LogP contribution >= 0.6 is 0 Å². The fourth-order valence-electron chi connectivity index (χ4n) is 5.59. The van der Waals surface area contributed by atoms with Gasteiger partial charge in [0, 0.05) is 19.0 Å². The number of likely N-dealkylation sites (tertiary alicyclic amines) is 1. The van der Waals surface area contributed by atoms with Gasteiger partial charge in [-0.05, 0) is 73.4 Å². The second-order valence-corrected chi connectivity index (χ2v) is 12.6. The van der Waals surface area contributed by atoms with Crippen LogP contribution in [0.2, 0.25) is 0 Å². The van der Waals surface area contributed by atoms with Crippen molar-refractivity contribution in [2.45, 2.75) is 61.5 Å². The molecule has 1 aliphatic heterocycles. The van der Waals surface area contributed by atoms with E-state index in [1.54, 1.807) is 4.90 Å². The molecule has 1 aliphatic carbocycles. The van der Waals surface area contributed by atoms with Crippen LogP contribution < -0.4 is 0 Å². The number of benzene rings is 2. The van der Waals surface area contributed by atoms with Crippen LogP contribution in [0.1, 0.15) is 63.0 Å². The van der Waals surface area contributed by atoms with E-state index >= 15 is 0 Å². The number of hydrogen-bond donors (Lipinski definition) is 0. The standard InChI is InChI=1S/C28H34FNO5S/c1-19(2)20-8-10-23(11-9-20)28(36(33,34)25-14-12-24(29)13-15-25)16-17-30(18-28)26(31)21-4-6-22(7-5-21)27(32)35-3/h8-15,19,21-22H,4-7,16-18H2,1-3H3/t21-,22-,28-/m0/s1. The molecule has 36 heavy (non-hydrogen) atoms. The van der Waals surface area contributed by atoms with Gasteiger partial charge in [-0.2, -0.15) is 0 Å². The zero-order chi connectivity index (χ0) is 26.1. The quantitative estimate of drug-likeness (QED) is 0.407. The third-order valence-electron chi connectivity index (χ3n) is 7.90. The minimum absolute atomic E-state index is 0.0451. The Morgan fingerprint density at radius 1 is 0.972 bits per heavy atom. The van der Waals surface area contributed by atoms with Crippen molar-refractivity contribution in [3.63, 3.8) is 0 Å². The van der Waals surface area contributed by atoms with Gasteiger partial charge in [0.05, 0.1) is 17.9 Å². The summed E-state index contributed by atoms with van der Waals surface area (Å²) in [4.78, 5) is 27.1. The summed E-state index contributed by atoms with van der Waals surface area (Å²) in [6, 6.07) is 12.5. The lowest BCUT2D eigenvalue weighted by atomic mass is 9.81. The van der Waals surface area contributed by atoms with E-state index in [9.17, 15) is 22.4 Å². The second-order valence-electron chi connectivity index (χ2n) is 10.3. The van der Waals surface area contributed by atoms with E-state index in [2.05, 4.69) is 13.8 Å². The minimum atomic E-state index is -3.95. The number of carbonyl (C=O) groups excluding carboxylic acids is 2. The molecule has 1 saturated heterocycles. The highest BCUT2D eigenvalue weighted by molar-refractivity contribution is 7.92. The third kappa shape index (κ3) is 4.80. The number of rotatable bonds is 6. The van der Waals surface area contributed by atoms with Crippen LogP contribution in [0, 0.1) is 17.7 Å². The van der Waals surface area contributed by atoms with Gasteiger partial charge in [-0.15, -0.1) is 0 Å². The maximum Gasteiger partial charge on any atom is 0.308 e. The van der Waals surface area contributed by atoms with E-state index in [1.807, 2.05) is 24.3 Å². The molecule has 2 fully saturated rings. The van der Waals surface area contributed by atoms with Gasteiger partial charge >= 0.3 is 5.97 Å². The summed E-state index contributed by atoms with van der Waals surface area (Å²) in [6.45, 7) is 4.52. The largest absolute Gasteiger partial charge is 0.469 e. The first kappa shape index (κ1) is 26.3. The number of carbonyl (C=O) groups is 2. The predicted octanol–water partition coefficient (Wildman–Crippen LogP) is 4.83. The average molecular weight is 516 g/mol. The Balaban J connectivity index is 1.64. The number of halogens is 1. The van der Waals surface area contributed by atoms with Crippen molar-refractivity contribution in [2.24, 2.45) is 11.8 Å². The second kappa shape index (κ2) is 10.3. The molecule has 2 aromatic carbocycles. The first-order chi connectivity index (χ1) is 17.1. The monoisotopic (exact) mass is 515 g/mol. The van der Waals surface area contributed by atoms with Gasteiger partial charge in [0.1, 0.15) is 10.6 Å². The summed E-state index contributed by atoms with van der Waals surface area (Å²) in [5.41, 5.74) is 1.74. The Kier molecular flexibility index (Phi) is 7.55.